The summed E-state index contributed by atoms with van der Waals surface area (Å²) in [7, 11) is -2.17. The highest BCUT2D eigenvalue weighted by Crippen LogP contribution is 2.50. The Morgan fingerprint density at radius 2 is 1.35 bits per heavy atom. The molecule has 0 saturated carbocycles. The third kappa shape index (κ3) is 4.85. The van der Waals surface area contributed by atoms with Crippen molar-refractivity contribution >= 4 is 8.56 Å². The van der Waals surface area contributed by atoms with Crippen molar-refractivity contribution in [2.24, 2.45) is 5.92 Å². The Bertz CT molecular complexity index is 231. The fourth-order valence-electron chi connectivity index (χ4n) is 3.57. The highest BCUT2D eigenvalue weighted by molar-refractivity contribution is 6.70. The van der Waals surface area contributed by atoms with E-state index >= 15 is 0 Å². The van der Waals surface area contributed by atoms with E-state index in [0.29, 0.717) is 5.92 Å². The predicted molar refractivity (Wildman–Crippen MR) is 91.5 cm³/mol. The maximum atomic E-state index is 6.38. The van der Waals surface area contributed by atoms with Gasteiger partial charge < -0.3 is 8.85 Å². The number of hydrogen-bond acceptors (Lipinski definition) is 2. The van der Waals surface area contributed by atoms with Gasteiger partial charge in [-0.15, -0.1) is 0 Å². The standard InChI is InChI=1S/C17H38O2Si/c1-8-13-14-15-20(18-11-4,19-12-5)17(6,7)16(9-2)10-3/h16H,8-15H2,1-7H3. The van der Waals surface area contributed by atoms with Crippen LogP contribution in [0.4, 0.5) is 0 Å². The molecule has 0 N–H and O–H groups in total. The molecule has 0 aromatic carbocycles. The topological polar surface area (TPSA) is 18.5 Å². The molecule has 0 rings (SSSR count). The molecule has 0 heterocycles. The summed E-state index contributed by atoms with van der Waals surface area (Å²) >= 11 is 0. The second kappa shape index (κ2) is 9.96. The molecule has 0 aliphatic rings. The van der Waals surface area contributed by atoms with Gasteiger partial charge in [-0.05, 0) is 25.8 Å². The lowest BCUT2D eigenvalue weighted by Gasteiger charge is -2.47. The molecule has 0 radical (unpaired) electrons. The Kier molecular flexibility index (Phi) is 10.0. The van der Waals surface area contributed by atoms with Crippen LogP contribution in [0.1, 0.15) is 80.6 Å². The zero-order valence-electron chi connectivity index (χ0n) is 15.1. The van der Waals surface area contributed by atoms with Gasteiger partial charge in [-0.2, -0.15) is 0 Å². The van der Waals surface area contributed by atoms with Crippen LogP contribution in [0.3, 0.4) is 0 Å². The van der Waals surface area contributed by atoms with E-state index in [2.05, 4.69) is 48.5 Å². The van der Waals surface area contributed by atoms with E-state index in [1.807, 2.05) is 0 Å². The van der Waals surface area contributed by atoms with E-state index in [0.717, 1.165) is 19.3 Å². The molecule has 0 amide bonds. The molecular formula is C17H38O2Si. The van der Waals surface area contributed by atoms with Gasteiger partial charge >= 0.3 is 8.56 Å². The Morgan fingerprint density at radius 3 is 1.70 bits per heavy atom. The monoisotopic (exact) mass is 302 g/mol. The fraction of sp³-hybridized carbons (Fsp3) is 1.00. The van der Waals surface area contributed by atoms with Gasteiger partial charge in [0.15, 0.2) is 0 Å². The van der Waals surface area contributed by atoms with Gasteiger partial charge in [0.2, 0.25) is 0 Å². The Hall–Kier alpha value is 0.137. The molecule has 0 bridgehead atoms. The fourth-order valence-corrected chi connectivity index (χ4v) is 8.01. The average molecular weight is 303 g/mol. The SMILES string of the molecule is CCCCC[Si](OCC)(OCC)C(C)(C)C(CC)CC. The van der Waals surface area contributed by atoms with Crippen LogP contribution in [-0.4, -0.2) is 21.8 Å². The normalized spacial score (nSPS) is 13.2. The van der Waals surface area contributed by atoms with Crippen molar-refractivity contribution in [2.75, 3.05) is 13.2 Å². The first-order valence-electron chi connectivity index (χ1n) is 8.73. The molecule has 0 spiro atoms. The first-order valence-corrected chi connectivity index (χ1v) is 10.8. The first-order chi connectivity index (χ1) is 9.45. The van der Waals surface area contributed by atoms with Crippen LogP contribution in [0, 0.1) is 5.92 Å². The predicted octanol–water partition coefficient (Wildman–Crippen LogP) is 5.91. The molecule has 0 aromatic heterocycles. The summed E-state index contributed by atoms with van der Waals surface area (Å²) < 4.78 is 12.8. The van der Waals surface area contributed by atoms with Crippen molar-refractivity contribution in [3.8, 4) is 0 Å². The number of unbranched alkanes of at least 4 members (excludes halogenated alkanes) is 2. The quantitative estimate of drug-likeness (QED) is 0.329. The van der Waals surface area contributed by atoms with Crippen LogP contribution < -0.4 is 0 Å². The van der Waals surface area contributed by atoms with Crippen LogP contribution in [0.15, 0.2) is 0 Å². The maximum absolute atomic E-state index is 6.38. The van der Waals surface area contributed by atoms with E-state index < -0.39 is 8.56 Å². The highest BCUT2D eigenvalue weighted by Gasteiger charge is 2.54. The van der Waals surface area contributed by atoms with Gasteiger partial charge in [0.25, 0.3) is 0 Å². The summed E-state index contributed by atoms with van der Waals surface area (Å²) in [6, 6.07) is 1.14. The van der Waals surface area contributed by atoms with E-state index in [-0.39, 0.29) is 5.04 Å². The summed E-state index contributed by atoms with van der Waals surface area (Å²) in [5.74, 6) is 0.689. The summed E-state index contributed by atoms with van der Waals surface area (Å²) in [6.45, 7) is 17.5. The Morgan fingerprint density at radius 1 is 0.850 bits per heavy atom. The third-order valence-electron chi connectivity index (χ3n) is 4.85. The van der Waals surface area contributed by atoms with E-state index in [1.54, 1.807) is 0 Å². The minimum Gasteiger partial charge on any atom is -0.394 e. The van der Waals surface area contributed by atoms with Crippen molar-refractivity contribution < 1.29 is 8.85 Å². The molecule has 20 heavy (non-hydrogen) atoms. The van der Waals surface area contributed by atoms with Crippen LogP contribution >= 0.6 is 0 Å². The zero-order chi connectivity index (χ0) is 15.6. The number of hydrogen-bond donors (Lipinski definition) is 0. The Labute approximate surface area is 128 Å². The molecular weight excluding hydrogens is 264 g/mol. The van der Waals surface area contributed by atoms with Gasteiger partial charge in [0.1, 0.15) is 0 Å². The van der Waals surface area contributed by atoms with Gasteiger partial charge in [-0.3, -0.25) is 0 Å². The van der Waals surface area contributed by atoms with Crippen LogP contribution in [-0.2, 0) is 8.85 Å². The molecule has 0 aliphatic carbocycles. The first kappa shape index (κ1) is 20.1. The van der Waals surface area contributed by atoms with Gasteiger partial charge in [0.05, 0.1) is 0 Å². The maximum Gasteiger partial charge on any atom is 0.344 e. The molecule has 0 unspecified atom stereocenters. The van der Waals surface area contributed by atoms with Gasteiger partial charge in [-0.1, -0.05) is 66.7 Å². The van der Waals surface area contributed by atoms with Crippen LogP contribution in [0.5, 0.6) is 0 Å². The number of rotatable bonds is 12. The summed E-state index contributed by atoms with van der Waals surface area (Å²) in [4.78, 5) is 0. The van der Waals surface area contributed by atoms with E-state index in [4.69, 9.17) is 8.85 Å². The summed E-state index contributed by atoms with van der Waals surface area (Å²) in [5, 5.41) is 0.177. The minimum atomic E-state index is -2.17. The lowest BCUT2D eigenvalue weighted by atomic mass is 9.90. The third-order valence-corrected chi connectivity index (χ3v) is 9.75. The molecule has 0 aliphatic heterocycles. The Balaban J connectivity index is 5.30. The second-order valence-electron chi connectivity index (χ2n) is 6.31. The van der Waals surface area contributed by atoms with Crippen LogP contribution in [0.2, 0.25) is 11.1 Å². The molecule has 3 heteroatoms. The highest BCUT2D eigenvalue weighted by atomic mass is 28.4. The van der Waals surface area contributed by atoms with Gasteiger partial charge in [-0.25, -0.2) is 0 Å². The van der Waals surface area contributed by atoms with Crippen molar-refractivity contribution in [2.45, 2.75) is 91.7 Å². The summed E-state index contributed by atoms with van der Waals surface area (Å²) in [6.07, 6.45) is 6.21. The largest absolute Gasteiger partial charge is 0.394 e. The molecule has 0 saturated heterocycles. The van der Waals surface area contributed by atoms with E-state index in [9.17, 15) is 0 Å². The molecule has 122 valence electrons. The lowest BCUT2D eigenvalue weighted by Crippen LogP contribution is -2.54. The average Bonchev–Trinajstić information content (AvgIpc) is 2.40. The van der Waals surface area contributed by atoms with Crippen molar-refractivity contribution in [3.63, 3.8) is 0 Å². The van der Waals surface area contributed by atoms with Crippen molar-refractivity contribution in [1.82, 2.24) is 0 Å². The lowest BCUT2D eigenvalue weighted by molar-refractivity contribution is 0.136. The van der Waals surface area contributed by atoms with E-state index in [1.165, 1.54) is 32.1 Å². The van der Waals surface area contributed by atoms with Crippen molar-refractivity contribution in [1.29, 1.82) is 0 Å². The van der Waals surface area contributed by atoms with Crippen LogP contribution in [0.25, 0.3) is 0 Å². The van der Waals surface area contributed by atoms with Crippen molar-refractivity contribution in [3.05, 3.63) is 0 Å². The smallest absolute Gasteiger partial charge is 0.344 e. The summed E-state index contributed by atoms with van der Waals surface area (Å²) in [5.41, 5.74) is 0. The van der Waals surface area contributed by atoms with Gasteiger partial charge in [0, 0.05) is 18.3 Å². The molecule has 0 atom stereocenters. The molecule has 2 nitrogen and oxygen atoms in total. The second-order valence-corrected chi connectivity index (χ2v) is 10.2. The molecule has 0 fully saturated rings. The zero-order valence-corrected chi connectivity index (χ0v) is 16.1. The molecule has 0 aromatic rings. The minimum absolute atomic E-state index is 0.177.